The Morgan fingerprint density at radius 1 is 1.11 bits per heavy atom. The molecule has 5 nitrogen and oxygen atoms in total. The number of aliphatic hydroxyl groups is 1. The van der Waals surface area contributed by atoms with Crippen molar-refractivity contribution in [2.75, 3.05) is 18.1 Å². The van der Waals surface area contributed by atoms with Crippen LogP contribution in [0, 0.1) is 0 Å². The predicted molar refractivity (Wildman–Crippen MR) is 109 cm³/mol. The largest absolute Gasteiger partial charge is 0.396 e. The lowest BCUT2D eigenvalue weighted by Gasteiger charge is -2.34. The van der Waals surface area contributed by atoms with Crippen molar-refractivity contribution in [2.24, 2.45) is 0 Å². The lowest BCUT2D eigenvalue weighted by atomic mass is 9.92. The lowest BCUT2D eigenvalue weighted by Crippen LogP contribution is -2.34. The van der Waals surface area contributed by atoms with E-state index >= 15 is 0 Å². The van der Waals surface area contributed by atoms with Crippen LogP contribution < -0.4 is 10.2 Å². The van der Waals surface area contributed by atoms with Crippen molar-refractivity contribution >= 4 is 28.1 Å². The van der Waals surface area contributed by atoms with Crippen LogP contribution in [0.15, 0.2) is 54.2 Å². The molecule has 140 valence electrons. The fourth-order valence-electron chi connectivity index (χ4n) is 5.27. The van der Waals surface area contributed by atoms with Crippen molar-refractivity contribution < 1.29 is 9.90 Å². The molecule has 0 spiro atoms. The van der Waals surface area contributed by atoms with Crippen LogP contribution in [-0.4, -0.2) is 28.7 Å². The van der Waals surface area contributed by atoms with Crippen molar-refractivity contribution in [1.29, 1.82) is 0 Å². The first-order valence-electron chi connectivity index (χ1n) is 9.90. The van der Waals surface area contributed by atoms with Crippen molar-refractivity contribution in [3.63, 3.8) is 0 Å². The van der Waals surface area contributed by atoms with Gasteiger partial charge in [-0.2, -0.15) is 0 Å². The number of amides is 1. The summed E-state index contributed by atoms with van der Waals surface area (Å²) in [6.45, 7) is 1.52. The van der Waals surface area contributed by atoms with Gasteiger partial charge in [0.1, 0.15) is 5.70 Å². The number of anilines is 1. The number of carbonyl (C=O) groups is 1. The summed E-state index contributed by atoms with van der Waals surface area (Å²) >= 11 is 0. The lowest BCUT2D eigenvalue weighted by molar-refractivity contribution is -0.116. The average Bonchev–Trinajstić information content (AvgIpc) is 3.38. The van der Waals surface area contributed by atoms with Crippen LogP contribution in [-0.2, 0) is 17.8 Å². The van der Waals surface area contributed by atoms with Crippen LogP contribution >= 0.6 is 0 Å². The average molecular weight is 371 g/mol. The van der Waals surface area contributed by atoms with E-state index in [1.807, 2.05) is 6.07 Å². The van der Waals surface area contributed by atoms with Gasteiger partial charge in [-0.1, -0.05) is 36.4 Å². The SMILES string of the molecule is O=C1NCC2=C1N1c3ccccc3CC1c1c2c2ccccc2n1CCCO. The minimum Gasteiger partial charge on any atom is -0.396 e. The molecule has 3 aliphatic rings. The van der Waals surface area contributed by atoms with Crippen molar-refractivity contribution in [2.45, 2.75) is 25.4 Å². The van der Waals surface area contributed by atoms with Crippen LogP contribution in [0.25, 0.3) is 16.5 Å². The number of nitrogens with zero attached hydrogens (tertiary/aromatic N) is 2. The first-order valence-corrected chi connectivity index (χ1v) is 9.90. The first kappa shape index (κ1) is 16.0. The molecular formula is C23H21N3O2. The fourth-order valence-corrected chi connectivity index (χ4v) is 5.27. The molecular weight excluding hydrogens is 350 g/mol. The number of carbonyl (C=O) groups excluding carboxylic acids is 1. The van der Waals surface area contributed by atoms with E-state index < -0.39 is 0 Å². The number of benzene rings is 2. The van der Waals surface area contributed by atoms with Gasteiger partial charge < -0.3 is 19.9 Å². The Kier molecular flexibility index (Phi) is 3.26. The third-order valence-electron chi connectivity index (χ3n) is 6.31. The summed E-state index contributed by atoms with van der Waals surface area (Å²) in [7, 11) is 0. The van der Waals surface area contributed by atoms with E-state index in [9.17, 15) is 9.90 Å². The minimum absolute atomic E-state index is 0.0227. The summed E-state index contributed by atoms with van der Waals surface area (Å²) in [6, 6.07) is 17.0. The summed E-state index contributed by atoms with van der Waals surface area (Å²) in [5.41, 5.74) is 8.02. The van der Waals surface area contributed by atoms with Crippen molar-refractivity contribution in [3.05, 3.63) is 71.0 Å². The Balaban J connectivity index is 1.69. The van der Waals surface area contributed by atoms with Crippen molar-refractivity contribution in [1.82, 2.24) is 9.88 Å². The normalized spacial score (nSPS) is 19.5. The highest BCUT2D eigenvalue weighted by molar-refractivity contribution is 6.14. The Morgan fingerprint density at radius 2 is 1.93 bits per heavy atom. The van der Waals surface area contributed by atoms with E-state index in [4.69, 9.17) is 0 Å². The molecule has 1 atom stereocenters. The zero-order valence-electron chi connectivity index (χ0n) is 15.5. The monoisotopic (exact) mass is 371 g/mol. The van der Waals surface area contributed by atoms with E-state index in [0.717, 1.165) is 29.9 Å². The maximum absolute atomic E-state index is 12.8. The molecule has 0 aliphatic carbocycles. The smallest absolute Gasteiger partial charge is 0.268 e. The molecule has 4 heterocycles. The van der Waals surface area contributed by atoms with Gasteiger partial charge >= 0.3 is 0 Å². The van der Waals surface area contributed by atoms with E-state index in [2.05, 4.69) is 57.2 Å². The maximum atomic E-state index is 12.8. The molecule has 0 fully saturated rings. The molecule has 1 amide bonds. The zero-order chi connectivity index (χ0) is 18.8. The van der Waals surface area contributed by atoms with Crippen LogP contribution in [0.5, 0.6) is 0 Å². The number of hydrogen-bond acceptors (Lipinski definition) is 3. The molecule has 0 saturated heterocycles. The van der Waals surface area contributed by atoms with Gasteiger partial charge in [-0.25, -0.2) is 0 Å². The Bertz CT molecular complexity index is 1170. The van der Waals surface area contributed by atoms with E-state index in [0.29, 0.717) is 13.0 Å². The molecule has 2 N–H and O–H groups in total. The van der Waals surface area contributed by atoms with Gasteiger partial charge in [0.25, 0.3) is 5.91 Å². The Hall–Kier alpha value is -3.05. The highest BCUT2D eigenvalue weighted by atomic mass is 16.3. The second-order valence-corrected chi connectivity index (χ2v) is 7.73. The summed E-state index contributed by atoms with van der Waals surface area (Å²) in [6.07, 6.45) is 1.61. The molecule has 2 aromatic carbocycles. The third-order valence-corrected chi connectivity index (χ3v) is 6.31. The van der Waals surface area contributed by atoms with Crippen molar-refractivity contribution in [3.8, 4) is 0 Å². The number of para-hydroxylation sites is 2. The van der Waals surface area contributed by atoms with Gasteiger partial charge in [-0.15, -0.1) is 0 Å². The molecule has 0 saturated carbocycles. The molecule has 6 rings (SSSR count). The second kappa shape index (κ2) is 5.72. The second-order valence-electron chi connectivity index (χ2n) is 7.73. The maximum Gasteiger partial charge on any atom is 0.268 e. The standard InChI is InChI=1S/C23H21N3O2/c27-11-5-10-25-18-9-4-2-7-15(18)20-16-13-24-23(28)21(16)26-17-8-3-1-6-14(17)12-19(26)22(20)25/h1-4,6-9,19,27H,5,10-13H2,(H,24,28). The zero-order valence-corrected chi connectivity index (χ0v) is 15.5. The molecule has 3 aliphatic heterocycles. The molecule has 0 bridgehead atoms. The molecule has 0 radical (unpaired) electrons. The molecule has 1 aromatic heterocycles. The van der Waals surface area contributed by atoms with Gasteiger partial charge in [0.2, 0.25) is 0 Å². The number of aryl methyl sites for hydroxylation is 1. The summed E-state index contributed by atoms with van der Waals surface area (Å²) in [5, 5.41) is 13.7. The van der Waals surface area contributed by atoms with E-state index in [1.165, 1.54) is 27.7 Å². The Labute approximate surface area is 162 Å². The predicted octanol–water partition coefficient (Wildman–Crippen LogP) is 2.98. The number of rotatable bonds is 3. The number of aromatic nitrogens is 1. The summed E-state index contributed by atoms with van der Waals surface area (Å²) in [5.74, 6) is 0.0227. The number of aliphatic hydroxyl groups excluding tert-OH is 1. The molecule has 28 heavy (non-hydrogen) atoms. The van der Waals surface area contributed by atoms with Gasteiger partial charge in [0, 0.05) is 59.5 Å². The number of nitrogens with one attached hydrogen (secondary N) is 1. The van der Waals surface area contributed by atoms with Gasteiger partial charge in [0.05, 0.1) is 6.04 Å². The number of hydrogen-bond donors (Lipinski definition) is 2. The highest BCUT2D eigenvalue weighted by Crippen LogP contribution is 2.52. The van der Waals surface area contributed by atoms with Crippen LogP contribution in [0.2, 0.25) is 0 Å². The molecule has 1 unspecified atom stereocenters. The van der Waals surface area contributed by atoms with Crippen LogP contribution in [0.3, 0.4) is 0 Å². The van der Waals surface area contributed by atoms with E-state index in [-0.39, 0.29) is 18.6 Å². The van der Waals surface area contributed by atoms with Crippen LogP contribution in [0.4, 0.5) is 5.69 Å². The number of fused-ring (bicyclic) bond motifs is 9. The van der Waals surface area contributed by atoms with Gasteiger partial charge in [-0.05, 0) is 24.1 Å². The van der Waals surface area contributed by atoms with Gasteiger partial charge in [0.15, 0.2) is 0 Å². The quantitative estimate of drug-likeness (QED) is 0.744. The Morgan fingerprint density at radius 3 is 2.82 bits per heavy atom. The molecule has 3 aromatic rings. The van der Waals surface area contributed by atoms with E-state index in [1.54, 1.807) is 0 Å². The summed E-state index contributed by atoms with van der Waals surface area (Å²) in [4.78, 5) is 15.1. The highest BCUT2D eigenvalue weighted by Gasteiger charge is 2.46. The summed E-state index contributed by atoms with van der Waals surface area (Å²) < 4.78 is 2.37. The third kappa shape index (κ3) is 1.92. The minimum atomic E-state index is 0.0227. The fraction of sp³-hybridized carbons (Fsp3) is 0.261. The topological polar surface area (TPSA) is 57.5 Å². The molecule has 5 heteroatoms. The van der Waals surface area contributed by atoms with Gasteiger partial charge in [-0.3, -0.25) is 4.79 Å². The first-order chi connectivity index (χ1) is 13.8. The van der Waals surface area contributed by atoms with Crippen LogP contribution in [0.1, 0.15) is 29.3 Å².